The second-order valence-electron chi connectivity index (χ2n) is 5.70. The summed E-state index contributed by atoms with van der Waals surface area (Å²) in [5.74, 6) is -0.0257. The Hall–Kier alpha value is -1.44. The van der Waals surface area contributed by atoms with E-state index in [2.05, 4.69) is 0 Å². The van der Waals surface area contributed by atoms with Gasteiger partial charge in [0, 0.05) is 32.1 Å². The largest absolute Gasteiger partial charge is 0.378 e. The minimum Gasteiger partial charge on any atom is -0.378 e. The molecule has 6 nitrogen and oxygen atoms in total. The van der Waals surface area contributed by atoms with Crippen molar-refractivity contribution in [2.24, 2.45) is 0 Å². The second kappa shape index (κ2) is 7.90. The minimum atomic E-state index is -3.40. The Morgan fingerprint density at radius 2 is 1.87 bits per heavy atom. The zero-order valence-corrected chi connectivity index (χ0v) is 14.5. The molecular formula is C16H24N2O4S. The predicted octanol–water partition coefficient (Wildman–Crippen LogP) is 1.26. The van der Waals surface area contributed by atoms with E-state index in [0.717, 1.165) is 5.56 Å². The topological polar surface area (TPSA) is 66.9 Å². The summed E-state index contributed by atoms with van der Waals surface area (Å²) in [6.45, 7) is 4.27. The van der Waals surface area contributed by atoms with Crippen LogP contribution in [0.15, 0.2) is 30.3 Å². The first-order chi connectivity index (χ1) is 10.9. The fourth-order valence-corrected chi connectivity index (χ4v) is 3.84. The number of hydrogen-bond acceptors (Lipinski definition) is 4. The SMILES string of the molecule is CC(c1ccccc1)N(CCC(=O)N1CCOCC1)S(C)(=O)=O. The highest BCUT2D eigenvalue weighted by molar-refractivity contribution is 7.88. The Kier molecular flexibility index (Phi) is 6.15. The molecule has 0 spiro atoms. The van der Waals surface area contributed by atoms with Crippen LogP contribution in [0.2, 0.25) is 0 Å². The third-order valence-corrected chi connectivity index (χ3v) is 5.40. The van der Waals surface area contributed by atoms with Gasteiger partial charge in [0.2, 0.25) is 15.9 Å². The number of sulfonamides is 1. The van der Waals surface area contributed by atoms with Crippen LogP contribution < -0.4 is 0 Å². The molecule has 1 atom stereocenters. The zero-order chi connectivity index (χ0) is 16.9. The number of amides is 1. The van der Waals surface area contributed by atoms with E-state index in [-0.39, 0.29) is 24.9 Å². The Morgan fingerprint density at radius 1 is 1.26 bits per heavy atom. The van der Waals surface area contributed by atoms with Crippen molar-refractivity contribution in [2.75, 3.05) is 39.1 Å². The molecule has 0 saturated carbocycles. The van der Waals surface area contributed by atoms with Crippen LogP contribution in [0.1, 0.15) is 24.9 Å². The van der Waals surface area contributed by atoms with Crippen molar-refractivity contribution in [3.05, 3.63) is 35.9 Å². The van der Waals surface area contributed by atoms with Gasteiger partial charge in [0.05, 0.1) is 19.5 Å². The standard InChI is InChI=1S/C16H24N2O4S/c1-14(15-6-4-3-5-7-15)18(23(2,20)21)9-8-16(19)17-10-12-22-13-11-17/h3-7,14H,8-13H2,1-2H3. The Balaban J connectivity index is 2.03. The minimum absolute atomic E-state index is 0.0257. The maximum atomic E-state index is 12.2. The highest BCUT2D eigenvalue weighted by Crippen LogP contribution is 2.23. The number of carbonyl (C=O) groups excluding carboxylic acids is 1. The van der Waals surface area contributed by atoms with Gasteiger partial charge >= 0.3 is 0 Å². The lowest BCUT2D eigenvalue weighted by atomic mass is 10.1. The monoisotopic (exact) mass is 340 g/mol. The number of carbonyl (C=O) groups is 1. The van der Waals surface area contributed by atoms with Gasteiger partial charge in [-0.2, -0.15) is 4.31 Å². The Morgan fingerprint density at radius 3 is 2.43 bits per heavy atom. The molecule has 0 aromatic heterocycles. The molecular weight excluding hydrogens is 316 g/mol. The average molecular weight is 340 g/mol. The molecule has 0 radical (unpaired) electrons. The molecule has 1 amide bonds. The smallest absolute Gasteiger partial charge is 0.224 e. The molecule has 0 aliphatic carbocycles. The molecule has 1 heterocycles. The maximum Gasteiger partial charge on any atom is 0.224 e. The van der Waals surface area contributed by atoms with Crippen LogP contribution in [-0.2, 0) is 19.6 Å². The van der Waals surface area contributed by atoms with Crippen molar-refractivity contribution in [3.8, 4) is 0 Å². The quantitative estimate of drug-likeness (QED) is 0.782. The molecule has 0 N–H and O–H groups in total. The first-order valence-electron chi connectivity index (χ1n) is 7.77. The fourth-order valence-electron chi connectivity index (χ4n) is 2.72. The van der Waals surface area contributed by atoms with Gasteiger partial charge in [-0.1, -0.05) is 30.3 Å². The molecule has 1 aliphatic heterocycles. The van der Waals surface area contributed by atoms with Crippen molar-refractivity contribution < 1.29 is 17.9 Å². The summed E-state index contributed by atoms with van der Waals surface area (Å²) in [5.41, 5.74) is 0.914. The van der Waals surface area contributed by atoms with E-state index in [9.17, 15) is 13.2 Å². The molecule has 1 aliphatic rings. The highest BCUT2D eigenvalue weighted by Gasteiger charge is 2.26. The van der Waals surface area contributed by atoms with Crippen molar-refractivity contribution in [3.63, 3.8) is 0 Å². The molecule has 0 bridgehead atoms. The van der Waals surface area contributed by atoms with E-state index in [4.69, 9.17) is 4.74 Å². The molecule has 2 rings (SSSR count). The van der Waals surface area contributed by atoms with Crippen LogP contribution in [0.4, 0.5) is 0 Å². The van der Waals surface area contributed by atoms with Gasteiger partial charge in [-0.15, -0.1) is 0 Å². The maximum absolute atomic E-state index is 12.2. The number of benzene rings is 1. The van der Waals surface area contributed by atoms with Crippen molar-refractivity contribution in [1.82, 2.24) is 9.21 Å². The van der Waals surface area contributed by atoms with Gasteiger partial charge in [-0.25, -0.2) is 8.42 Å². The summed E-state index contributed by atoms with van der Waals surface area (Å²) in [7, 11) is -3.40. The summed E-state index contributed by atoms with van der Waals surface area (Å²) in [6, 6.07) is 9.14. The van der Waals surface area contributed by atoms with E-state index < -0.39 is 10.0 Å². The molecule has 1 saturated heterocycles. The second-order valence-corrected chi connectivity index (χ2v) is 7.64. The fraction of sp³-hybridized carbons (Fsp3) is 0.562. The van der Waals surface area contributed by atoms with Gasteiger partial charge < -0.3 is 9.64 Å². The first-order valence-corrected chi connectivity index (χ1v) is 9.61. The molecule has 7 heteroatoms. The Bertz CT molecular complexity index is 612. The van der Waals surface area contributed by atoms with Gasteiger partial charge in [0.1, 0.15) is 0 Å². The van der Waals surface area contributed by atoms with Gasteiger partial charge in [0.25, 0.3) is 0 Å². The lowest BCUT2D eigenvalue weighted by Gasteiger charge is -2.30. The van der Waals surface area contributed by atoms with Gasteiger partial charge in [-0.05, 0) is 12.5 Å². The molecule has 1 aromatic rings. The van der Waals surface area contributed by atoms with Crippen LogP contribution >= 0.6 is 0 Å². The summed E-state index contributed by atoms with van der Waals surface area (Å²) >= 11 is 0. The van der Waals surface area contributed by atoms with E-state index in [0.29, 0.717) is 26.3 Å². The van der Waals surface area contributed by atoms with Crippen molar-refractivity contribution in [2.45, 2.75) is 19.4 Å². The summed E-state index contributed by atoms with van der Waals surface area (Å²) in [5, 5.41) is 0. The van der Waals surface area contributed by atoms with E-state index in [1.807, 2.05) is 37.3 Å². The summed E-state index contributed by atoms with van der Waals surface area (Å²) < 4.78 is 30.8. The van der Waals surface area contributed by atoms with E-state index in [1.54, 1.807) is 4.90 Å². The van der Waals surface area contributed by atoms with Gasteiger partial charge in [0.15, 0.2) is 0 Å². The lowest BCUT2D eigenvalue weighted by Crippen LogP contribution is -2.42. The first kappa shape index (κ1) is 17.9. The summed E-state index contributed by atoms with van der Waals surface area (Å²) in [6.07, 6.45) is 1.37. The Labute approximate surface area is 138 Å². The van der Waals surface area contributed by atoms with Crippen molar-refractivity contribution in [1.29, 1.82) is 0 Å². The normalized spacial score (nSPS) is 17.3. The number of morpholine rings is 1. The van der Waals surface area contributed by atoms with E-state index >= 15 is 0 Å². The van der Waals surface area contributed by atoms with Crippen LogP contribution in [0.3, 0.4) is 0 Å². The molecule has 23 heavy (non-hydrogen) atoms. The predicted molar refractivity (Wildman–Crippen MR) is 88.4 cm³/mol. The van der Waals surface area contributed by atoms with Crippen molar-refractivity contribution >= 4 is 15.9 Å². The summed E-state index contributed by atoms with van der Waals surface area (Å²) in [4.78, 5) is 14.0. The molecule has 1 fully saturated rings. The van der Waals surface area contributed by atoms with Crippen LogP contribution in [0.5, 0.6) is 0 Å². The number of nitrogens with zero attached hydrogens (tertiary/aromatic N) is 2. The number of rotatable bonds is 6. The third-order valence-electron chi connectivity index (χ3n) is 4.05. The zero-order valence-electron chi connectivity index (χ0n) is 13.6. The van der Waals surface area contributed by atoms with E-state index in [1.165, 1.54) is 10.6 Å². The highest BCUT2D eigenvalue weighted by atomic mass is 32.2. The van der Waals surface area contributed by atoms with Crippen LogP contribution in [-0.4, -0.2) is 62.6 Å². The lowest BCUT2D eigenvalue weighted by molar-refractivity contribution is -0.135. The van der Waals surface area contributed by atoms with Crippen LogP contribution in [0, 0.1) is 0 Å². The molecule has 128 valence electrons. The van der Waals surface area contributed by atoms with Crippen LogP contribution in [0.25, 0.3) is 0 Å². The third kappa shape index (κ3) is 5.02. The number of hydrogen-bond donors (Lipinski definition) is 0. The molecule has 1 unspecified atom stereocenters. The molecule has 1 aromatic carbocycles. The average Bonchev–Trinajstić information content (AvgIpc) is 2.55. The van der Waals surface area contributed by atoms with Gasteiger partial charge in [-0.3, -0.25) is 4.79 Å². The number of ether oxygens (including phenoxy) is 1.